The molecule has 1 atom stereocenters. The Bertz CT molecular complexity index is 560. The average molecular weight is 302 g/mol. The van der Waals surface area contributed by atoms with E-state index in [0.717, 1.165) is 4.90 Å². The molecule has 1 aromatic carbocycles. The Morgan fingerprint density at radius 1 is 1.33 bits per heavy atom. The van der Waals surface area contributed by atoms with Crippen molar-refractivity contribution in [3.63, 3.8) is 0 Å². The Labute approximate surface area is 118 Å². The third kappa shape index (κ3) is 3.45. The van der Waals surface area contributed by atoms with Gasteiger partial charge in [-0.1, -0.05) is 18.2 Å². The SMILES string of the molecule is O=C(O)C1CN(C(=O)NCCC(F)(F)F)c2ccccc21. The molecule has 0 aromatic heterocycles. The number of rotatable bonds is 3. The number of para-hydroxylation sites is 1. The lowest BCUT2D eigenvalue weighted by atomic mass is 10.0. The van der Waals surface area contributed by atoms with Crippen molar-refractivity contribution in [3.8, 4) is 0 Å². The lowest BCUT2D eigenvalue weighted by molar-refractivity contribution is -0.138. The van der Waals surface area contributed by atoms with E-state index in [4.69, 9.17) is 5.11 Å². The van der Waals surface area contributed by atoms with Crippen molar-refractivity contribution in [2.24, 2.45) is 0 Å². The van der Waals surface area contributed by atoms with Crippen LogP contribution in [0.4, 0.5) is 23.7 Å². The van der Waals surface area contributed by atoms with Crippen molar-refractivity contribution in [1.29, 1.82) is 0 Å². The summed E-state index contributed by atoms with van der Waals surface area (Å²) in [6, 6.07) is 5.73. The molecule has 1 unspecified atom stereocenters. The number of amides is 2. The molecule has 8 heteroatoms. The van der Waals surface area contributed by atoms with Gasteiger partial charge in [-0.05, 0) is 11.6 Å². The van der Waals surface area contributed by atoms with Crippen LogP contribution in [0.15, 0.2) is 24.3 Å². The number of aliphatic carboxylic acids is 1. The standard InChI is InChI=1S/C13H13F3N2O3/c14-13(15,16)5-6-17-12(21)18-7-9(11(19)20)8-3-1-2-4-10(8)18/h1-4,9H,5-7H2,(H,17,21)(H,19,20). The fraction of sp³-hybridized carbons (Fsp3) is 0.385. The Morgan fingerprint density at radius 2 is 2.00 bits per heavy atom. The summed E-state index contributed by atoms with van der Waals surface area (Å²) >= 11 is 0. The van der Waals surface area contributed by atoms with Crippen molar-refractivity contribution in [3.05, 3.63) is 29.8 Å². The highest BCUT2D eigenvalue weighted by atomic mass is 19.4. The van der Waals surface area contributed by atoms with E-state index in [1.807, 2.05) is 0 Å². The topological polar surface area (TPSA) is 69.6 Å². The number of nitrogens with one attached hydrogen (secondary N) is 1. The summed E-state index contributed by atoms with van der Waals surface area (Å²) in [7, 11) is 0. The first-order chi connectivity index (χ1) is 9.79. The van der Waals surface area contributed by atoms with Gasteiger partial charge < -0.3 is 10.4 Å². The second kappa shape index (κ2) is 5.63. The maximum absolute atomic E-state index is 12.0. The van der Waals surface area contributed by atoms with Gasteiger partial charge in [-0.15, -0.1) is 0 Å². The normalized spacial score (nSPS) is 17.5. The molecule has 5 nitrogen and oxygen atoms in total. The molecule has 21 heavy (non-hydrogen) atoms. The molecule has 0 radical (unpaired) electrons. The minimum Gasteiger partial charge on any atom is -0.481 e. The van der Waals surface area contributed by atoms with E-state index in [-0.39, 0.29) is 6.54 Å². The number of benzene rings is 1. The van der Waals surface area contributed by atoms with Crippen LogP contribution < -0.4 is 10.2 Å². The van der Waals surface area contributed by atoms with E-state index in [1.54, 1.807) is 24.3 Å². The number of fused-ring (bicyclic) bond motifs is 1. The minimum atomic E-state index is -4.35. The van der Waals surface area contributed by atoms with Crippen molar-refractivity contribution in [2.75, 3.05) is 18.0 Å². The Morgan fingerprint density at radius 3 is 2.62 bits per heavy atom. The van der Waals surface area contributed by atoms with Crippen LogP contribution in [-0.4, -0.2) is 36.4 Å². The molecule has 2 N–H and O–H groups in total. The predicted molar refractivity (Wildman–Crippen MR) is 68.2 cm³/mol. The number of carboxylic acids is 1. The average Bonchev–Trinajstić information content (AvgIpc) is 2.76. The van der Waals surface area contributed by atoms with Crippen LogP contribution in [0, 0.1) is 0 Å². The molecule has 1 aliphatic heterocycles. The van der Waals surface area contributed by atoms with Crippen LogP contribution >= 0.6 is 0 Å². The zero-order chi connectivity index (χ0) is 15.6. The number of carboxylic acid groups (broad SMARTS) is 1. The summed E-state index contributed by atoms with van der Waals surface area (Å²) in [5.41, 5.74) is 0.894. The summed E-state index contributed by atoms with van der Waals surface area (Å²) in [5, 5.41) is 11.3. The highest BCUT2D eigenvalue weighted by Gasteiger charge is 2.36. The third-order valence-corrected chi connectivity index (χ3v) is 3.20. The largest absolute Gasteiger partial charge is 0.481 e. The van der Waals surface area contributed by atoms with Crippen LogP contribution in [0.5, 0.6) is 0 Å². The van der Waals surface area contributed by atoms with Crippen LogP contribution in [-0.2, 0) is 4.79 Å². The number of nitrogens with zero attached hydrogens (tertiary/aromatic N) is 1. The van der Waals surface area contributed by atoms with Crippen LogP contribution in [0.1, 0.15) is 17.9 Å². The fourth-order valence-corrected chi connectivity index (χ4v) is 2.22. The zero-order valence-corrected chi connectivity index (χ0v) is 10.9. The molecule has 0 bridgehead atoms. The first-order valence-electron chi connectivity index (χ1n) is 6.23. The van der Waals surface area contributed by atoms with Gasteiger partial charge in [0.2, 0.25) is 0 Å². The van der Waals surface area contributed by atoms with Crippen molar-refractivity contribution in [2.45, 2.75) is 18.5 Å². The van der Waals surface area contributed by atoms with Crippen molar-refractivity contribution >= 4 is 17.7 Å². The molecule has 1 aromatic rings. The van der Waals surface area contributed by atoms with Crippen LogP contribution in [0.2, 0.25) is 0 Å². The smallest absolute Gasteiger partial charge is 0.390 e. The molecule has 0 saturated carbocycles. The van der Waals surface area contributed by atoms with Gasteiger partial charge >= 0.3 is 18.2 Å². The van der Waals surface area contributed by atoms with Gasteiger partial charge in [0, 0.05) is 18.8 Å². The number of alkyl halides is 3. The first kappa shape index (κ1) is 15.1. The summed E-state index contributed by atoms with van der Waals surface area (Å²) in [6.07, 6.45) is -5.48. The van der Waals surface area contributed by atoms with E-state index in [2.05, 4.69) is 5.32 Å². The van der Waals surface area contributed by atoms with Crippen LogP contribution in [0.3, 0.4) is 0 Å². The fourth-order valence-electron chi connectivity index (χ4n) is 2.22. The monoisotopic (exact) mass is 302 g/mol. The summed E-state index contributed by atoms with van der Waals surface area (Å²) in [5.74, 6) is -1.94. The lowest BCUT2D eigenvalue weighted by Crippen LogP contribution is -2.41. The van der Waals surface area contributed by atoms with Gasteiger partial charge in [-0.25, -0.2) is 4.79 Å². The lowest BCUT2D eigenvalue weighted by Gasteiger charge is -2.18. The predicted octanol–water partition coefficient (Wildman–Crippen LogP) is 2.34. The second-order valence-corrected chi connectivity index (χ2v) is 4.66. The first-order valence-corrected chi connectivity index (χ1v) is 6.23. The molecular formula is C13H13F3N2O3. The maximum Gasteiger partial charge on any atom is 0.390 e. The molecule has 0 saturated heterocycles. The highest BCUT2D eigenvalue weighted by molar-refractivity contribution is 5.98. The van der Waals surface area contributed by atoms with Gasteiger partial charge in [-0.3, -0.25) is 9.69 Å². The van der Waals surface area contributed by atoms with Gasteiger partial charge in [-0.2, -0.15) is 13.2 Å². The number of anilines is 1. The number of halogens is 3. The number of carbonyl (C=O) groups excluding carboxylic acids is 1. The number of urea groups is 1. The summed E-state index contributed by atoms with van der Waals surface area (Å²) < 4.78 is 36.1. The Balaban J connectivity index is 2.07. The maximum atomic E-state index is 12.0. The van der Waals surface area contributed by atoms with Gasteiger partial charge in [0.05, 0.1) is 6.42 Å². The van der Waals surface area contributed by atoms with Crippen LogP contribution in [0.25, 0.3) is 0 Å². The minimum absolute atomic E-state index is 0.0907. The highest BCUT2D eigenvalue weighted by Crippen LogP contribution is 2.36. The van der Waals surface area contributed by atoms with E-state index < -0.39 is 37.1 Å². The molecular weight excluding hydrogens is 289 g/mol. The van der Waals surface area contributed by atoms with Gasteiger partial charge in [0.1, 0.15) is 5.92 Å². The van der Waals surface area contributed by atoms with Gasteiger partial charge in [0.25, 0.3) is 0 Å². The Hall–Kier alpha value is -2.25. The molecule has 114 valence electrons. The van der Waals surface area contributed by atoms with E-state index in [9.17, 15) is 22.8 Å². The zero-order valence-electron chi connectivity index (χ0n) is 10.9. The van der Waals surface area contributed by atoms with Crippen molar-refractivity contribution in [1.82, 2.24) is 5.32 Å². The molecule has 1 heterocycles. The molecule has 0 fully saturated rings. The molecule has 2 amide bonds. The number of hydrogen-bond donors (Lipinski definition) is 2. The third-order valence-electron chi connectivity index (χ3n) is 3.20. The number of hydrogen-bond acceptors (Lipinski definition) is 2. The summed E-state index contributed by atoms with van der Waals surface area (Å²) in [4.78, 5) is 24.2. The van der Waals surface area contributed by atoms with Gasteiger partial charge in [0.15, 0.2) is 0 Å². The van der Waals surface area contributed by atoms with E-state index in [0.29, 0.717) is 11.3 Å². The summed E-state index contributed by atoms with van der Waals surface area (Å²) in [6.45, 7) is -0.634. The van der Waals surface area contributed by atoms with E-state index >= 15 is 0 Å². The Kier molecular flexibility index (Phi) is 4.06. The quantitative estimate of drug-likeness (QED) is 0.900. The van der Waals surface area contributed by atoms with Crippen molar-refractivity contribution < 1.29 is 27.9 Å². The molecule has 0 spiro atoms. The number of carbonyl (C=O) groups is 2. The van der Waals surface area contributed by atoms with E-state index in [1.165, 1.54) is 0 Å². The molecule has 0 aliphatic carbocycles. The molecule has 1 aliphatic rings. The molecule has 2 rings (SSSR count). The second-order valence-electron chi connectivity index (χ2n) is 4.66.